The lowest BCUT2D eigenvalue weighted by Crippen LogP contribution is -2.39. The van der Waals surface area contributed by atoms with Crippen molar-refractivity contribution in [1.82, 2.24) is 0 Å². The van der Waals surface area contributed by atoms with Crippen molar-refractivity contribution in [1.29, 1.82) is 0 Å². The summed E-state index contributed by atoms with van der Waals surface area (Å²) in [7, 11) is 0. The Morgan fingerprint density at radius 1 is 1.47 bits per heavy atom. The van der Waals surface area contributed by atoms with Crippen LogP contribution in [0, 0.1) is 0 Å². The van der Waals surface area contributed by atoms with Crippen LogP contribution in [0.4, 0.5) is 11.4 Å². The molecule has 1 aromatic rings. The number of hydrogen-bond acceptors (Lipinski definition) is 4. The predicted molar refractivity (Wildman–Crippen MR) is 67.7 cm³/mol. The number of rotatable bonds is 2. The molecule has 1 fully saturated rings. The van der Waals surface area contributed by atoms with Gasteiger partial charge in [-0.2, -0.15) is 0 Å². The molecular weight excluding hydrogens is 288 g/mol. The van der Waals surface area contributed by atoms with E-state index in [1.165, 1.54) is 0 Å². The molecule has 92 valence electrons. The molecule has 0 aromatic heterocycles. The number of amides is 1. The minimum Gasteiger partial charge on any atom is -0.399 e. The standard InChI is InChI=1S/C11H13BrN2O3/c12-8-2-1-7(13)5-9(8)14-11(15)10-6-16-3-4-17-10/h1-2,5,10H,3-4,6,13H2,(H,14,15). The Balaban J connectivity index is 2.04. The van der Waals surface area contributed by atoms with Crippen molar-refractivity contribution < 1.29 is 14.3 Å². The molecule has 3 N–H and O–H groups in total. The Bertz CT molecular complexity index is 419. The van der Waals surface area contributed by atoms with Gasteiger partial charge in [0, 0.05) is 10.2 Å². The third-order valence-corrected chi connectivity index (χ3v) is 3.05. The van der Waals surface area contributed by atoms with Crippen molar-refractivity contribution >= 4 is 33.2 Å². The average Bonchev–Trinajstić information content (AvgIpc) is 2.35. The maximum atomic E-state index is 11.9. The van der Waals surface area contributed by atoms with Gasteiger partial charge in [-0.3, -0.25) is 4.79 Å². The number of nitrogens with two attached hydrogens (primary N) is 1. The Hall–Kier alpha value is -1.11. The highest BCUT2D eigenvalue weighted by atomic mass is 79.9. The van der Waals surface area contributed by atoms with Crippen LogP contribution in [-0.2, 0) is 14.3 Å². The molecule has 2 rings (SSSR count). The van der Waals surface area contributed by atoms with Gasteiger partial charge >= 0.3 is 0 Å². The largest absolute Gasteiger partial charge is 0.399 e. The summed E-state index contributed by atoms with van der Waals surface area (Å²) < 4.78 is 11.2. The molecule has 6 heteroatoms. The van der Waals surface area contributed by atoms with Gasteiger partial charge in [0.1, 0.15) is 0 Å². The van der Waals surface area contributed by atoms with Crippen molar-refractivity contribution in [3.63, 3.8) is 0 Å². The molecule has 1 aliphatic heterocycles. The van der Waals surface area contributed by atoms with Crippen molar-refractivity contribution in [3.05, 3.63) is 22.7 Å². The number of hydrogen-bond donors (Lipinski definition) is 2. The average molecular weight is 301 g/mol. The van der Waals surface area contributed by atoms with Crippen LogP contribution < -0.4 is 11.1 Å². The molecule has 0 saturated carbocycles. The smallest absolute Gasteiger partial charge is 0.255 e. The van der Waals surface area contributed by atoms with Crippen LogP contribution in [0.3, 0.4) is 0 Å². The molecule has 1 saturated heterocycles. The van der Waals surface area contributed by atoms with E-state index >= 15 is 0 Å². The number of carbonyl (C=O) groups excluding carboxylic acids is 1. The minimum atomic E-state index is -0.558. The predicted octanol–water partition coefficient (Wildman–Crippen LogP) is 1.39. The maximum absolute atomic E-state index is 11.9. The minimum absolute atomic E-state index is 0.226. The molecule has 0 radical (unpaired) electrons. The van der Waals surface area contributed by atoms with Crippen molar-refractivity contribution in [3.8, 4) is 0 Å². The number of halogens is 1. The van der Waals surface area contributed by atoms with Crippen LogP contribution >= 0.6 is 15.9 Å². The lowest BCUT2D eigenvalue weighted by atomic mass is 10.2. The lowest BCUT2D eigenvalue weighted by molar-refractivity contribution is -0.142. The van der Waals surface area contributed by atoms with Gasteiger partial charge in [-0.15, -0.1) is 0 Å². The first-order valence-corrected chi connectivity index (χ1v) is 6.01. The second-order valence-electron chi connectivity index (χ2n) is 3.66. The van der Waals surface area contributed by atoms with Crippen LogP contribution in [0.5, 0.6) is 0 Å². The van der Waals surface area contributed by atoms with E-state index in [1.807, 2.05) is 0 Å². The molecule has 0 spiro atoms. The van der Waals surface area contributed by atoms with E-state index < -0.39 is 6.10 Å². The van der Waals surface area contributed by atoms with E-state index in [-0.39, 0.29) is 12.5 Å². The van der Waals surface area contributed by atoms with Crippen LogP contribution in [-0.4, -0.2) is 31.8 Å². The monoisotopic (exact) mass is 300 g/mol. The number of nitrogens with one attached hydrogen (secondary N) is 1. The third-order valence-electron chi connectivity index (χ3n) is 2.36. The van der Waals surface area contributed by atoms with Gasteiger partial charge < -0.3 is 20.5 Å². The highest BCUT2D eigenvalue weighted by Crippen LogP contribution is 2.25. The molecule has 1 aliphatic rings. The Morgan fingerprint density at radius 3 is 3.00 bits per heavy atom. The fraction of sp³-hybridized carbons (Fsp3) is 0.364. The summed E-state index contributed by atoms with van der Waals surface area (Å²) in [5.41, 5.74) is 6.87. The van der Waals surface area contributed by atoms with Crippen LogP contribution in [0.15, 0.2) is 22.7 Å². The van der Waals surface area contributed by atoms with E-state index in [9.17, 15) is 4.79 Å². The normalized spacial score (nSPS) is 19.9. The summed E-state index contributed by atoms with van der Waals surface area (Å²) in [5, 5.41) is 2.75. The van der Waals surface area contributed by atoms with Gasteiger partial charge in [0.2, 0.25) is 0 Å². The van der Waals surface area contributed by atoms with E-state index in [4.69, 9.17) is 15.2 Å². The summed E-state index contributed by atoms with van der Waals surface area (Å²) in [5.74, 6) is -0.226. The molecule has 1 aromatic carbocycles. The second-order valence-corrected chi connectivity index (χ2v) is 4.52. The molecule has 1 amide bonds. The molecule has 0 bridgehead atoms. The first-order chi connectivity index (χ1) is 8.16. The summed E-state index contributed by atoms with van der Waals surface area (Å²) in [6.07, 6.45) is -0.558. The molecule has 1 atom stereocenters. The van der Waals surface area contributed by atoms with Crippen molar-refractivity contribution in [2.24, 2.45) is 0 Å². The summed E-state index contributed by atoms with van der Waals surface area (Å²) in [6, 6.07) is 5.22. The summed E-state index contributed by atoms with van der Waals surface area (Å²) in [6.45, 7) is 1.26. The van der Waals surface area contributed by atoms with Gasteiger partial charge in [0.15, 0.2) is 6.10 Å². The first kappa shape index (κ1) is 12.3. The lowest BCUT2D eigenvalue weighted by Gasteiger charge is -2.22. The molecule has 5 nitrogen and oxygen atoms in total. The van der Waals surface area contributed by atoms with E-state index in [0.29, 0.717) is 24.6 Å². The number of ether oxygens (including phenoxy) is 2. The number of nitrogen functional groups attached to an aromatic ring is 1. The highest BCUT2D eigenvalue weighted by Gasteiger charge is 2.23. The Labute approximate surface area is 107 Å². The van der Waals surface area contributed by atoms with Crippen LogP contribution in [0.1, 0.15) is 0 Å². The van der Waals surface area contributed by atoms with Crippen molar-refractivity contribution in [2.45, 2.75) is 6.10 Å². The van der Waals surface area contributed by atoms with Gasteiger partial charge in [-0.05, 0) is 34.1 Å². The van der Waals surface area contributed by atoms with Crippen molar-refractivity contribution in [2.75, 3.05) is 30.9 Å². The molecule has 1 unspecified atom stereocenters. The zero-order valence-corrected chi connectivity index (χ0v) is 10.7. The summed E-state index contributed by atoms with van der Waals surface area (Å²) >= 11 is 3.34. The van der Waals surface area contributed by atoms with Gasteiger partial charge in [-0.25, -0.2) is 0 Å². The quantitative estimate of drug-likeness (QED) is 0.810. The fourth-order valence-corrected chi connectivity index (χ4v) is 1.84. The molecule has 17 heavy (non-hydrogen) atoms. The topological polar surface area (TPSA) is 73.6 Å². The van der Waals surface area contributed by atoms with E-state index in [1.54, 1.807) is 18.2 Å². The highest BCUT2D eigenvalue weighted by molar-refractivity contribution is 9.10. The molecule has 0 aliphatic carbocycles. The van der Waals surface area contributed by atoms with E-state index in [0.717, 1.165) is 4.47 Å². The van der Waals surface area contributed by atoms with Crippen LogP contribution in [0.2, 0.25) is 0 Å². The van der Waals surface area contributed by atoms with Gasteiger partial charge in [-0.1, -0.05) is 0 Å². The maximum Gasteiger partial charge on any atom is 0.255 e. The zero-order chi connectivity index (χ0) is 12.3. The Morgan fingerprint density at radius 2 is 2.29 bits per heavy atom. The van der Waals surface area contributed by atoms with Gasteiger partial charge in [0.25, 0.3) is 5.91 Å². The first-order valence-electron chi connectivity index (χ1n) is 5.22. The SMILES string of the molecule is Nc1ccc(Br)c(NC(=O)C2COCCO2)c1. The number of carbonyl (C=O) groups is 1. The molecule has 1 heterocycles. The zero-order valence-electron chi connectivity index (χ0n) is 9.11. The fourth-order valence-electron chi connectivity index (χ4n) is 1.49. The summed E-state index contributed by atoms with van der Waals surface area (Å²) in [4.78, 5) is 11.9. The second kappa shape index (κ2) is 5.48. The van der Waals surface area contributed by atoms with E-state index in [2.05, 4.69) is 21.2 Å². The van der Waals surface area contributed by atoms with Crippen LogP contribution in [0.25, 0.3) is 0 Å². The molecular formula is C11H13BrN2O3. The Kier molecular flexibility index (Phi) is 3.98. The number of benzene rings is 1. The number of anilines is 2. The third kappa shape index (κ3) is 3.18. The van der Waals surface area contributed by atoms with Gasteiger partial charge in [0.05, 0.1) is 25.5 Å².